The number of benzene rings is 1. The zero-order valence-corrected chi connectivity index (χ0v) is 17.8. The summed E-state index contributed by atoms with van der Waals surface area (Å²) in [5, 5.41) is 2.50. The maximum atomic E-state index is 12.5. The van der Waals surface area contributed by atoms with Crippen molar-refractivity contribution in [1.82, 2.24) is 14.9 Å². The number of H-pyrrole nitrogens is 1. The molecule has 6 nitrogen and oxygen atoms in total. The summed E-state index contributed by atoms with van der Waals surface area (Å²) in [6, 6.07) is 5.53. The van der Waals surface area contributed by atoms with E-state index in [9.17, 15) is 9.59 Å². The summed E-state index contributed by atoms with van der Waals surface area (Å²) < 4.78 is 6.38. The molecular formula is C20H22ClN3O3S. The molecular weight excluding hydrogens is 398 g/mol. The Hall–Kier alpha value is -2.38. The molecule has 0 aliphatic heterocycles. The molecule has 148 valence electrons. The number of nitrogens with one attached hydrogen (secondary N) is 1. The van der Waals surface area contributed by atoms with Gasteiger partial charge in [0, 0.05) is 12.1 Å². The number of hydrogen-bond donors (Lipinski definition) is 1. The molecule has 28 heavy (non-hydrogen) atoms. The standard InChI is InChI=1S/C20H22ClN3O3S/c1-11(2)13-8-14(21)12(3)7-16(13)27-10-18(25)24(4)9-17-22-15-5-6-28-19(15)20(26)23-17/h5-8,11H,9-10H2,1-4H3,(H,22,23,26). The van der Waals surface area contributed by atoms with Crippen LogP contribution in [0.25, 0.3) is 10.2 Å². The monoisotopic (exact) mass is 419 g/mol. The molecule has 0 atom stereocenters. The lowest BCUT2D eigenvalue weighted by atomic mass is 10.0. The summed E-state index contributed by atoms with van der Waals surface area (Å²) in [5.74, 6) is 1.10. The number of aromatic amines is 1. The lowest BCUT2D eigenvalue weighted by molar-refractivity contribution is -0.132. The number of ether oxygens (including phenoxy) is 1. The lowest BCUT2D eigenvalue weighted by Crippen LogP contribution is -2.32. The molecule has 2 aromatic heterocycles. The number of nitrogens with zero attached hydrogens (tertiary/aromatic N) is 2. The summed E-state index contributed by atoms with van der Waals surface area (Å²) in [5.41, 5.74) is 2.30. The van der Waals surface area contributed by atoms with Crippen LogP contribution in [0.1, 0.15) is 36.7 Å². The normalized spacial score (nSPS) is 11.2. The molecule has 0 saturated heterocycles. The van der Waals surface area contributed by atoms with Crippen molar-refractivity contribution in [1.29, 1.82) is 0 Å². The summed E-state index contributed by atoms with van der Waals surface area (Å²) in [6.45, 7) is 6.08. The van der Waals surface area contributed by atoms with E-state index < -0.39 is 0 Å². The Balaban J connectivity index is 1.69. The van der Waals surface area contributed by atoms with E-state index in [4.69, 9.17) is 16.3 Å². The second-order valence-corrected chi connectivity index (χ2v) is 8.30. The number of thiophene rings is 1. The average Bonchev–Trinajstić information content (AvgIpc) is 3.10. The number of hydrogen-bond acceptors (Lipinski definition) is 5. The molecule has 1 N–H and O–H groups in total. The lowest BCUT2D eigenvalue weighted by Gasteiger charge is -2.19. The summed E-state index contributed by atoms with van der Waals surface area (Å²) in [4.78, 5) is 33.2. The van der Waals surface area contributed by atoms with Crippen LogP contribution in [-0.4, -0.2) is 34.4 Å². The first-order valence-electron chi connectivity index (χ1n) is 8.89. The van der Waals surface area contributed by atoms with E-state index in [0.29, 0.717) is 26.8 Å². The fourth-order valence-corrected chi connectivity index (χ4v) is 3.70. The highest BCUT2D eigenvalue weighted by Gasteiger charge is 2.16. The summed E-state index contributed by atoms with van der Waals surface area (Å²) >= 11 is 7.56. The number of carbonyl (C=O) groups is 1. The van der Waals surface area contributed by atoms with Crippen LogP contribution >= 0.6 is 22.9 Å². The average molecular weight is 420 g/mol. The number of aromatic nitrogens is 2. The largest absolute Gasteiger partial charge is 0.483 e. The Labute approximate surface area is 172 Å². The van der Waals surface area contributed by atoms with Crippen molar-refractivity contribution in [3.63, 3.8) is 0 Å². The Morgan fingerprint density at radius 3 is 2.86 bits per heavy atom. The molecule has 0 radical (unpaired) electrons. The molecule has 3 rings (SSSR count). The fourth-order valence-electron chi connectivity index (χ4n) is 2.81. The molecule has 0 aliphatic rings. The highest BCUT2D eigenvalue weighted by Crippen LogP contribution is 2.32. The van der Waals surface area contributed by atoms with Gasteiger partial charge in [-0.1, -0.05) is 25.4 Å². The van der Waals surface area contributed by atoms with Crippen LogP contribution in [0, 0.1) is 6.92 Å². The predicted octanol–water partition coefficient (Wildman–Crippen LogP) is 4.11. The third-order valence-corrected chi connectivity index (χ3v) is 5.75. The van der Waals surface area contributed by atoms with Gasteiger partial charge < -0.3 is 14.6 Å². The third kappa shape index (κ3) is 4.36. The molecule has 0 bridgehead atoms. The molecule has 1 amide bonds. The van der Waals surface area contributed by atoms with Gasteiger partial charge in [-0.15, -0.1) is 11.3 Å². The van der Waals surface area contributed by atoms with Gasteiger partial charge in [0.2, 0.25) is 0 Å². The Morgan fingerprint density at radius 1 is 1.39 bits per heavy atom. The van der Waals surface area contributed by atoms with Crippen LogP contribution in [-0.2, 0) is 11.3 Å². The van der Waals surface area contributed by atoms with E-state index in [2.05, 4.69) is 9.97 Å². The minimum absolute atomic E-state index is 0.109. The van der Waals surface area contributed by atoms with Crippen molar-refractivity contribution >= 4 is 39.1 Å². The van der Waals surface area contributed by atoms with E-state index in [1.165, 1.54) is 16.2 Å². The van der Waals surface area contributed by atoms with Crippen LogP contribution in [0.4, 0.5) is 0 Å². The van der Waals surface area contributed by atoms with Gasteiger partial charge in [0.25, 0.3) is 11.5 Å². The van der Waals surface area contributed by atoms with Gasteiger partial charge in [-0.25, -0.2) is 4.98 Å². The third-order valence-electron chi connectivity index (χ3n) is 4.44. The van der Waals surface area contributed by atoms with Crippen LogP contribution in [0.2, 0.25) is 5.02 Å². The van der Waals surface area contributed by atoms with Gasteiger partial charge in [0.05, 0.1) is 12.1 Å². The smallest absolute Gasteiger partial charge is 0.268 e. The highest BCUT2D eigenvalue weighted by molar-refractivity contribution is 7.17. The molecule has 0 aliphatic carbocycles. The fraction of sp³-hybridized carbons (Fsp3) is 0.350. The molecule has 8 heteroatoms. The maximum absolute atomic E-state index is 12.5. The van der Waals surface area contributed by atoms with Gasteiger partial charge in [0.15, 0.2) is 6.61 Å². The molecule has 1 aromatic carbocycles. The Kier molecular flexibility index (Phi) is 6.05. The first kappa shape index (κ1) is 20.4. The number of carbonyl (C=O) groups excluding carboxylic acids is 1. The van der Waals surface area contributed by atoms with Crippen LogP contribution in [0.5, 0.6) is 5.75 Å². The van der Waals surface area contributed by atoms with E-state index in [1.807, 2.05) is 38.3 Å². The Bertz CT molecular complexity index is 1070. The maximum Gasteiger partial charge on any atom is 0.268 e. The number of halogens is 1. The molecule has 3 aromatic rings. The first-order chi connectivity index (χ1) is 13.3. The van der Waals surface area contributed by atoms with Crippen LogP contribution in [0.15, 0.2) is 28.4 Å². The number of rotatable bonds is 6. The number of amides is 1. The van der Waals surface area contributed by atoms with Crippen LogP contribution in [0.3, 0.4) is 0 Å². The van der Waals surface area contributed by atoms with Gasteiger partial charge in [-0.2, -0.15) is 0 Å². The number of aryl methyl sites for hydroxylation is 1. The zero-order chi connectivity index (χ0) is 20.4. The van der Waals surface area contributed by atoms with E-state index in [0.717, 1.165) is 11.1 Å². The first-order valence-corrected chi connectivity index (χ1v) is 10.1. The quantitative estimate of drug-likeness (QED) is 0.652. The SMILES string of the molecule is Cc1cc(OCC(=O)N(C)Cc2nc3ccsc3c(=O)[nH]2)c(C(C)C)cc1Cl. The van der Waals surface area contributed by atoms with Crippen molar-refractivity contribution in [3.05, 3.63) is 55.9 Å². The van der Waals surface area contributed by atoms with E-state index >= 15 is 0 Å². The number of likely N-dealkylation sites (N-methyl/N-ethyl adjacent to an activating group) is 1. The van der Waals surface area contributed by atoms with Gasteiger partial charge in [-0.3, -0.25) is 9.59 Å². The second kappa shape index (κ2) is 8.32. The van der Waals surface area contributed by atoms with Crippen molar-refractivity contribution in [2.45, 2.75) is 33.2 Å². The van der Waals surface area contributed by atoms with Gasteiger partial charge in [-0.05, 0) is 47.5 Å². The van der Waals surface area contributed by atoms with Crippen molar-refractivity contribution in [2.75, 3.05) is 13.7 Å². The highest BCUT2D eigenvalue weighted by atomic mass is 35.5. The van der Waals surface area contributed by atoms with Gasteiger partial charge in [0.1, 0.15) is 16.3 Å². The van der Waals surface area contributed by atoms with Crippen LogP contribution < -0.4 is 10.3 Å². The number of fused-ring (bicyclic) bond motifs is 1. The Morgan fingerprint density at radius 2 is 2.14 bits per heavy atom. The zero-order valence-electron chi connectivity index (χ0n) is 16.2. The van der Waals surface area contributed by atoms with E-state index in [1.54, 1.807) is 13.1 Å². The summed E-state index contributed by atoms with van der Waals surface area (Å²) in [7, 11) is 1.65. The topological polar surface area (TPSA) is 75.3 Å². The molecule has 0 saturated carbocycles. The summed E-state index contributed by atoms with van der Waals surface area (Å²) in [6.07, 6.45) is 0. The molecule has 0 spiro atoms. The molecule has 2 heterocycles. The van der Waals surface area contributed by atoms with Gasteiger partial charge >= 0.3 is 0 Å². The second-order valence-electron chi connectivity index (χ2n) is 6.98. The minimum Gasteiger partial charge on any atom is -0.483 e. The van der Waals surface area contributed by atoms with E-state index in [-0.39, 0.29) is 30.5 Å². The van der Waals surface area contributed by atoms with Crippen molar-refractivity contribution in [3.8, 4) is 5.75 Å². The minimum atomic E-state index is -0.213. The van der Waals surface area contributed by atoms with Crippen molar-refractivity contribution in [2.24, 2.45) is 0 Å². The van der Waals surface area contributed by atoms with Crippen molar-refractivity contribution < 1.29 is 9.53 Å². The molecule has 0 fully saturated rings. The predicted molar refractivity (Wildman–Crippen MR) is 112 cm³/mol. The molecule has 0 unspecified atom stereocenters.